The van der Waals surface area contributed by atoms with Gasteiger partial charge in [-0.05, 0) is 31.9 Å². The van der Waals surface area contributed by atoms with Crippen LogP contribution >= 0.6 is 0 Å². The second kappa shape index (κ2) is 2.97. The van der Waals surface area contributed by atoms with Gasteiger partial charge in [0.05, 0.1) is 0 Å². The summed E-state index contributed by atoms with van der Waals surface area (Å²) in [5.74, 6) is -0.593. The third-order valence-corrected chi connectivity index (χ3v) is 1.90. The highest BCUT2D eigenvalue weighted by atomic mass is 16.4. The van der Waals surface area contributed by atoms with E-state index in [1.54, 1.807) is 0 Å². The lowest BCUT2D eigenvalue weighted by atomic mass is 10.0. The van der Waals surface area contributed by atoms with Crippen molar-refractivity contribution in [1.82, 2.24) is 0 Å². The van der Waals surface area contributed by atoms with Gasteiger partial charge >= 0.3 is 5.97 Å². The van der Waals surface area contributed by atoms with Crippen molar-refractivity contribution < 1.29 is 9.90 Å². The Morgan fingerprint density at radius 3 is 1.92 bits per heavy atom. The number of carboxylic acids is 1. The predicted octanol–water partition coefficient (Wildman–Crippen LogP) is 2.02. The van der Waals surface area contributed by atoms with E-state index < -0.39 is 5.97 Å². The summed E-state index contributed by atoms with van der Waals surface area (Å²) in [6, 6.07) is 3.85. The molecule has 0 heterocycles. The zero-order valence-corrected chi connectivity index (χ0v) is 7.55. The van der Waals surface area contributed by atoms with E-state index >= 15 is 0 Å². The summed E-state index contributed by atoms with van der Waals surface area (Å²) >= 11 is 0. The maximum absolute atomic E-state index is 8.95. The smallest absolute Gasteiger partial charge is 0.335 e. The zero-order chi connectivity index (χ0) is 9.30. The van der Waals surface area contributed by atoms with Gasteiger partial charge < -0.3 is 9.90 Å². The predicted molar refractivity (Wildman–Crippen MR) is 49.3 cm³/mol. The molecule has 64 valence electrons. The van der Waals surface area contributed by atoms with E-state index in [-0.39, 0.29) is 0 Å². The van der Waals surface area contributed by atoms with Crippen LogP contribution in [-0.4, -0.2) is 15.9 Å². The Kier molecular flexibility index (Phi) is 2.18. The minimum absolute atomic E-state index is 0.542. The first-order chi connectivity index (χ1) is 5.52. The quantitative estimate of drug-likeness (QED) is 0.635. The molecule has 2 N–H and O–H groups in total. The molecule has 0 aliphatic carbocycles. The largest absolute Gasteiger partial charge is 0.515 e. The number of hydrogen-bond acceptors (Lipinski definition) is 0. The van der Waals surface area contributed by atoms with E-state index in [1.807, 2.05) is 32.9 Å². The van der Waals surface area contributed by atoms with Crippen LogP contribution in [0.3, 0.4) is 0 Å². The molecule has 1 aromatic rings. The summed E-state index contributed by atoms with van der Waals surface area (Å²) < 4.78 is 0. The van der Waals surface area contributed by atoms with Crippen LogP contribution in [0.1, 0.15) is 22.3 Å². The molecule has 0 unspecified atom stereocenters. The van der Waals surface area contributed by atoms with Gasteiger partial charge in [-0.15, -0.1) is 0 Å². The molecule has 0 amide bonds. The Bertz CT molecular complexity index is 304. The van der Waals surface area contributed by atoms with Crippen LogP contribution in [0.5, 0.6) is 0 Å². The second-order valence-electron chi connectivity index (χ2n) is 3.10. The Hall–Kier alpha value is -1.31. The lowest BCUT2D eigenvalue weighted by Gasteiger charge is -2.02. The molecule has 0 saturated heterocycles. The van der Waals surface area contributed by atoms with Crippen LogP contribution in [0.2, 0.25) is 0 Å². The lowest BCUT2D eigenvalue weighted by Crippen LogP contribution is -2.04. The van der Waals surface area contributed by atoms with Crippen LogP contribution in [0.4, 0.5) is 0 Å². The van der Waals surface area contributed by atoms with Gasteiger partial charge in [0.25, 0.3) is 0 Å². The summed E-state index contributed by atoms with van der Waals surface area (Å²) in [5, 5.41) is 8.95. The first-order valence-corrected chi connectivity index (χ1v) is 3.85. The van der Waals surface area contributed by atoms with E-state index in [0.717, 1.165) is 16.7 Å². The molecule has 0 radical (unpaired) electrons. The monoisotopic (exact) mass is 165 g/mol. The Morgan fingerprint density at radius 2 is 1.58 bits per heavy atom. The molecule has 0 aliphatic heterocycles. The summed E-state index contributed by atoms with van der Waals surface area (Å²) in [4.78, 5) is 8.95. The van der Waals surface area contributed by atoms with Crippen LogP contribution < -0.4 is 0 Å². The number of aromatic carboxylic acids is 1. The van der Waals surface area contributed by atoms with Gasteiger partial charge in [0.1, 0.15) is 5.56 Å². The molecule has 0 atom stereocenters. The van der Waals surface area contributed by atoms with Gasteiger partial charge in [0, 0.05) is 0 Å². The lowest BCUT2D eigenvalue weighted by molar-refractivity contribution is 0.463. The van der Waals surface area contributed by atoms with Crippen molar-refractivity contribution >= 4 is 5.97 Å². The second-order valence-corrected chi connectivity index (χ2v) is 3.10. The van der Waals surface area contributed by atoms with Crippen LogP contribution in [0, 0.1) is 20.8 Å². The maximum atomic E-state index is 8.95. The van der Waals surface area contributed by atoms with Crippen molar-refractivity contribution in [2.24, 2.45) is 0 Å². The van der Waals surface area contributed by atoms with Gasteiger partial charge in [-0.25, -0.2) is 0 Å². The molecule has 1 rings (SSSR count). The fourth-order valence-corrected chi connectivity index (χ4v) is 1.53. The highest BCUT2D eigenvalue weighted by Gasteiger charge is 2.16. The fourth-order valence-electron chi connectivity index (χ4n) is 1.53. The summed E-state index contributed by atoms with van der Waals surface area (Å²) in [6.45, 7) is 5.71. The van der Waals surface area contributed by atoms with Crippen molar-refractivity contribution in [3.63, 3.8) is 0 Å². The van der Waals surface area contributed by atoms with Gasteiger partial charge in [-0.2, -0.15) is 0 Å². The Morgan fingerprint density at radius 1 is 1.17 bits per heavy atom. The molecule has 2 heteroatoms. The van der Waals surface area contributed by atoms with Crippen molar-refractivity contribution in [1.29, 1.82) is 0 Å². The fraction of sp³-hybridized carbons (Fsp3) is 0.300. The number of carboxylic acid groups (broad SMARTS) is 1. The number of benzene rings is 1. The summed E-state index contributed by atoms with van der Waals surface area (Å²) in [5.41, 5.74) is 3.47. The van der Waals surface area contributed by atoms with E-state index in [2.05, 4.69) is 0 Å². The maximum Gasteiger partial charge on any atom is 0.515 e. The highest BCUT2D eigenvalue weighted by Crippen LogP contribution is 2.15. The number of hydrogen-bond donors (Lipinski definition) is 1. The molecule has 0 fully saturated rings. The van der Waals surface area contributed by atoms with Gasteiger partial charge in [-0.3, -0.25) is 0 Å². The summed E-state index contributed by atoms with van der Waals surface area (Å²) in [6.07, 6.45) is 0. The molecule has 0 aliphatic rings. The highest BCUT2D eigenvalue weighted by molar-refractivity contribution is 5.91. The minimum Gasteiger partial charge on any atom is -0.335 e. The molecular weight excluding hydrogens is 152 g/mol. The number of rotatable bonds is 1. The molecular formula is C10H13O2+. The van der Waals surface area contributed by atoms with E-state index in [0.29, 0.717) is 5.56 Å². The number of aliphatic hydroxyl groups excluding tert-OH is 1. The van der Waals surface area contributed by atoms with Crippen molar-refractivity contribution in [3.05, 3.63) is 34.4 Å². The van der Waals surface area contributed by atoms with Crippen molar-refractivity contribution in [3.8, 4) is 0 Å². The third kappa shape index (κ3) is 1.47. The SMILES string of the molecule is Cc1cc(C)c(C(O)=[OH+])c(C)c1. The normalized spacial score (nSPS) is 9.92. The van der Waals surface area contributed by atoms with Crippen molar-refractivity contribution in [2.75, 3.05) is 0 Å². The van der Waals surface area contributed by atoms with Gasteiger partial charge in [0.15, 0.2) is 0 Å². The Labute approximate surface area is 71.8 Å². The molecule has 12 heavy (non-hydrogen) atoms. The standard InChI is InChI=1S/C10H12O2/c1-6-4-7(2)9(10(11)12)8(3)5-6/h4-5H,1-3H3,(H,11,12)/p+1. The molecule has 0 bridgehead atoms. The molecule has 0 saturated carbocycles. The Balaban J connectivity index is 3.38. The number of aryl methyl sites for hydroxylation is 3. The first-order valence-electron chi connectivity index (χ1n) is 3.85. The van der Waals surface area contributed by atoms with Crippen molar-refractivity contribution in [2.45, 2.75) is 20.8 Å². The molecule has 1 aromatic carbocycles. The van der Waals surface area contributed by atoms with E-state index in [9.17, 15) is 0 Å². The molecule has 2 nitrogen and oxygen atoms in total. The van der Waals surface area contributed by atoms with Crippen LogP contribution in [0.25, 0.3) is 0 Å². The van der Waals surface area contributed by atoms with E-state index in [4.69, 9.17) is 9.90 Å². The average molecular weight is 165 g/mol. The zero-order valence-electron chi connectivity index (χ0n) is 7.55. The average Bonchev–Trinajstić information content (AvgIpc) is 1.82. The third-order valence-electron chi connectivity index (χ3n) is 1.90. The van der Waals surface area contributed by atoms with Crippen LogP contribution in [0.15, 0.2) is 12.1 Å². The van der Waals surface area contributed by atoms with Crippen LogP contribution in [-0.2, 0) is 0 Å². The topological polar surface area (TPSA) is 41.6 Å². The van der Waals surface area contributed by atoms with Gasteiger partial charge in [-0.1, -0.05) is 17.7 Å². The molecule has 0 spiro atoms. The minimum atomic E-state index is -0.593. The van der Waals surface area contributed by atoms with E-state index in [1.165, 1.54) is 0 Å². The van der Waals surface area contributed by atoms with Gasteiger partial charge in [0.2, 0.25) is 0 Å². The summed E-state index contributed by atoms with van der Waals surface area (Å²) in [7, 11) is 0. The first kappa shape index (κ1) is 8.78. The molecule has 0 aromatic heterocycles.